The van der Waals surface area contributed by atoms with Crippen molar-refractivity contribution in [1.29, 1.82) is 0 Å². The van der Waals surface area contributed by atoms with Gasteiger partial charge < -0.3 is 0 Å². The average Bonchev–Trinajstić information content (AvgIpc) is 1.82. The van der Waals surface area contributed by atoms with E-state index in [9.17, 15) is 21.6 Å². The Bertz CT molecular complexity index is 258. The van der Waals surface area contributed by atoms with E-state index >= 15 is 0 Å². The molecular weight excluding hydrogens is 213 g/mol. The van der Waals surface area contributed by atoms with Gasteiger partial charge in [-0.05, 0) is 14.1 Å². The van der Waals surface area contributed by atoms with Gasteiger partial charge in [-0.1, -0.05) is 0 Å². The third-order valence-electron chi connectivity index (χ3n) is 1.11. The van der Waals surface area contributed by atoms with Crippen molar-refractivity contribution in [1.82, 2.24) is 4.90 Å². The van der Waals surface area contributed by atoms with E-state index in [1.165, 1.54) is 0 Å². The van der Waals surface area contributed by atoms with Gasteiger partial charge in [0.15, 0.2) is 0 Å². The summed E-state index contributed by atoms with van der Waals surface area (Å²) in [7, 11) is -3.00. The second-order valence-electron chi connectivity index (χ2n) is 2.38. The molecule has 80 valence electrons. The Hall–Kier alpha value is -0.380. The predicted octanol–water partition coefficient (Wildman–Crippen LogP) is -0.343. The van der Waals surface area contributed by atoms with Crippen LogP contribution < -0.4 is 5.14 Å². The van der Waals surface area contributed by atoms with Crippen LogP contribution in [0.3, 0.4) is 0 Å². The maximum atomic E-state index is 13.0. The molecule has 0 bridgehead atoms. The van der Waals surface area contributed by atoms with Gasteiger partial charge in [0.25, 0.3) is 0 Å². The molecule has 1 atom stereocenters. The summed E-state index contributed by atoms with van der Waals surface area (Å²) in [6, 6.07) is 0. The Balaban J connectivity index is 4.83. The lowest BCUT2D eigenvalue weighted by Crippen LogP contribution is -2.51. The van der Waals surface area contributed by atoms with Crippen LogP contribution in [0.15, 0.2) is 0 Å². The first-order valence-corrected chi connectivity index (χ1v) is 4.44. The Labute approximate surface area is 73.5 Å². The zero-order valence-corrected chi connectivity index (χ0v) is 7.69. The zero-order chi connectivity index (χ0) is 10.9. The fourth-order valence-electron chi connectivity index (χ4n) is 0.469. The second kappa shape index (κ2) is 3.78. The molecule has 0 fully saturated rings. The number of alkyl halides is 3. The fraction of sp³-hybridized carbons (Fsp3) is 1.00. The van der Waals surface area contributed by atoms with E-state index in [4.69, 9.17) is 0 Å². The quantitative estimate of drug-likeness (QED) is 0.521. The van der Waals surface area contributed by atoms with Crippen LogP contribution in [-0.4, -0.2) is 39.8 Å². The first kappa shape index (κ1) is 12.6. The van der Waals surface area contributed by atoms with Gasteiger partial charge in [0.1, 0.15) is 0 Å². The maximum Gasteiger partial charge on any atom is 0.345 e. The summed E-state index contributed by atoms with van der Waals surface area (Å²) in [6.07, 6.45) is -3.65. The number of halogens is 3. The fourth-order valence-corrected chi connectivity index (χ4v) is 1.02. The van der Waals surface area contributed by atoms with Gasteiger partial charge in [0.2, 0.25) is 0 Å². The van der Waals surface area contributed by atoms with Gasteiger partial charge >= 0.3 is 22.7 Å². The van der Waals surface area contributed by atoms with Gasteiger partial charge in [-0.25, -0.2) is 18.8 Å². The first-order valence-electron chi connectivity index (χ1n) is 2.97. The summed E-state index contributed by atoms with van der Waals surface area (Å²) in [6.45, 7) is 0. The van der Waals surface area contributed by atoms with Crippen molar-refractivity contribution in [2.45, 2.75) is 12.4 Å². The smallest absolute Gasteiger partial charge is 0.249 e. The van der Waals surface area contributed by atoms with Crippen molar-refractivity contribution >= 4 is 10.3 Å². The van der Waals surface area contributed by atoms with Crippen LogP contribution in [0.1, 0.15) is 0 Å². The van der Waals surface area contributed by atoms with Crippen LogP contribution in [0, 0.1) is 0 Å². The van der Waals surface area contributed by atoms with E-state index in [1.807, 2.05) is 0 Å². The standard InChI is InChI=1S/C4H9F3N2O3S/c1-9(2)4(7,3(5)6)12-13(8,10)11/h3H,1-2H3,(H2,8,10,11). The molecule has 5 nitrogen and oxygen atoms in total. The number of hydrogen-bond acceptors (Lipinski definition) is 4. The van der Waals surface area contributed by atoms with Crippen LogP contribution in [0.4, 0.5) is 13.2 Å². The molecule has 0 aliphatic heterocycles. The lowest BCUT2D eigenvalue weighted by Gasteiger charge is -2.28. The van der Waals surface area contributed by atoms with Crippen molar-refractivity contribution in [3.63, 3.8) is 0 Å². The van der Waals surface area contributed by atoms with Gasteiger partial charge in [-0.2, -0.15) is 17.0 Å². The normalized spacial score (nSPS) is 17.8. The molecule has 0 saturated carbocycles. The van der Waals surface area contributed by atoms with Crippen molar-refractivity contribution in [2.75, 3.05) is 14.1 Å². The molecule has 2 N–H and O–H groups in total. The van der Waals surface area contributed by atoms with Crippen LogP contribution in [0.25, 0.3) is 0 Å². The Morgan fingerprint density at radius 1 is 1.46 bits per heavy atom. The summed E-state index contributed by atoms with van der Waals surface area (Å²) in [5, 5.41) is 4.25. The van der Waals surface area contributed by atoms with E-state index < -0.39 is 22.7 Å². The molecule has 0 heterocycles. The second-order valence-corrected chi connectivity index (χ2v) is 3.53. The van der Waals surface area contributed by atoms with Gasteiger partial charge in [0, 0.05) is 0 Å². The highest BCUT2D eigenvalue weighted by atomic mass is 32.2. The van der Waals surface area contributed by atoms with Crippen molar-refractivity contribution in [3.05, 3.63) is 0 Å². The highest BCUT2D eigenvalue weighted by Crippen LogP contribution is 2.25. The molecule has 0 aromatic carbocycles. The van der Waals surface area contributed by atoms with Crippen molar-refractivity contribution in [3.8, 4) is 0 Å². The summed E-state index contributed by atoms with van der Waals surface area (Å²) in [4.78, 5) is 0.266. The van der Waals surface area contributed by atoms with E-state index in [0.29, 0.717) is 0 Å². The molecule has 0 spiro atoms. The highest BCUT2D eigenvalue weighted by Gasteiger charge is 2.47. The summed E-state index contributed by atoms with van der Waals surface area (Å²) >= 11 is 0. The third-order valence-corrected chi connectivity index (χ3v) is 1.58. The van der Waals surface area contributed by atoms with Crippen LogP contribution >= 0.6 is 0 Å². The molecular formula is C4H9F3N2O3S. The minimum Gasteiger partial charge on any atom is -0.249 e. The van der Waals surface area contributed by atoms with Crippen molar-refractivity contribution < 1.29 is 25.8 Å². The molecule has 9 heteroatoms. The first-order chi connectivity index (χ1) is 5.59. The van der Waals surface area contributed by atoms with E-state index in [2.05, 4.69) is 9.32 Å². The topological polar surface area (TPSA) is 72.6 Å². The SMILES string of the molecule is CN(C)C(F)(OS(N)(=O)=O)C(F)F. The van der Waals surface area contributed by atoms with E-state index in [1.54, 1.807) is 0 Å². The molecule has 0 aromatic heterocycles. The number of nitrogens with two attached hydrogens (primary N) is 1. The minimum atomic E-state index is -4.77. The molecule has 0 rings (SSSR count). The predicted molar refractivity (Wildman–Crippen MR) is 37.7 cm³/mol. The Morgan fingerprint density at radius 2 is 1.85 bits per heavy atom. The van der Waals surface area contributed by atoms with Gasteiger partial charge in [-0.15, -0.1) is 0 Å². The number of rotatable bonds is 4. The van der Waals surface area contributed by atoms with E-state index in [0.717, 1.165) is 14.1 Å². The van der Waals surface area contributed by atoms with Gasteiger partial charge in [0.05, 0.1) is 0 Å². The molecule has 0 amide bonds. The molecule has 0 aromatic rings. The molecule has 0 aliphatic rings. The monoisotopic (exact) mass is 222 g/mol. The Kier molecular flexibility index (Phi) is 3.67. The molecule has 1 unspecified atom stereocenters. The minimum absolute atomic E-state index is 0.266. The lowest BCUT2D eigenvalue weighted by atomic mass is 10.5. The van der Waals surface area contributed by atoms with Crippen LogP contribution in [0.2, 0.25) is 0 Å². The maximum absolute atomic E-state index is 13.0. The van der Waals surface area contributed by atoms with Gasteiger partial charge in [-0.3, -0.25) is 0 Å². The number of hydrogen-bond donors (Lipinski definition) is 1. The average molecular weight is 222 g/mol. The summed E-state index contributed by atoms with van der Waals surface area (Å²) in [5.41, 5.74) is 0. The molecule has 0 aliphatic carbocycles. The lowest BCUT2D eigenvalue weighted by molar-refractivity contribution is -0.242. The van der Waals surface area contributed by atoms with Crippen LogP contribution in [-0.2, 0) is 14.5 Å². The number of nitrogens with zero attached hydrogens (tertiary/aromatic N) is 1. The zero-order valence-electron chi connectivity index (χ0n) is 6.87. The summed E-state index contributed by atoms with van der Waals surface area (Å²) < 4.78 is 60.9. The highest BCUT2D eigenvalue weighted by molar-refractivity contribution is 7.84. The van der Waals surface area contributed by atoms with Crippen LogP contribution in [0.5, 0.6) is 0 Å². The molecule has 0 saturated heterocycles. The third kappa shape index (κ3) is 3.46. The van der Waals surface area contributed by atoms with E-state index in [-0.39, 0.29) is 4.90 Å². The van der Waals surface area contributed by atoms with Crippen molar-refractivity contribution in [2.24, 2.45) is 5.14 Å². The molecule has 0 radical (unpaired) electrons. The summed E-state index contributed by atoms with van der Waals surface area (Å²) in [5.74, 6) is -3.73. The largest absolute Gasteiger partial charge is 0.345 e. The molecule has 13 heavy (non-hydrogen) atoms. The Morgan fingerprint density at radius 3 is 1.92 bits per heavy atom.